The fourth-order valence-electron chi connectivity index (χ4n) is 1.56. The minimum atomic E-state index is 0.143. The van der Waals surface area contributed by atoms with E-state index in [2.05, 4.69) is 53.4 Å². The lowest BCUT2D eigenvalue weighted by atomic mass is 10.1. The molecule has 0 aliphatic rings. The number of benzene rings is 1. The monoisotopic (exact) mass is 247 g/mol. The highest BCUT2D eigenvalue weighted by Gasteiger charge is 2.08. The zero-order valence-corrected chi connectivity index (χ0v) is 10.6. The van der Waals surface area contributed by atoms with Crippen LogP contribution >= 0.6 is 11.6 Å². The number of hydrogen-bond acceptors (Lipinski definition) is 3. The second kappa shape index (κ2) is 5.15. The van der Waals surface area contributed by atoms with Gasteiger partial charge in [-0.05, 0) is 19.4 Å². The Labute approximate surface area is 106 Å². The molecule has 0 amide bonds. The normalized spacial score (nSPS) is 12.2. The average molecular weight is 248 g/mol. The Morgan fingerprint density at radius 1 is 1.12 bits per heavy atom. The van der Waals surface area contributed by atoms with E-state index >= 15 is 0 Å². The summed E-state index contributed by atoms with van der Waals surface area (Å²) in [5, 5.41) is 3.64. The van der Waals surface area contributed by atoms with Crippen LogP contribution in [-0.2, 0) is 0 Å². The minimum absolute atomic E-state index is 0.143. The van der Waals surface area contributed by atoms with Gasteiger partial charge < -0.3 is 5.32 Å². The second-order valence-electron chi connectivity index (χ2n) is 3.97. The molecule has 0 aliphatic heterocycles. The van der Waals surface area contributed by atoms with Crippen LogP contribution in [-0.4, -0.2) is 9.97 Å². The van der Waals surface area contributed by atoms with Crippen molar-refractivity contribution in [3.63, 3.8) is 0 Å². The number of nitrogens with zero attached hydrogens (tertiary/aromatic N) is 2. The van der Waals surface area contributed by atoms with E-state index in [0.717, 1.165) is 0 Å². The molecule has 1 aromatic carbocycles. The maximum absolute atomic E-state index is 5.94. The summed E-state index contributed by atoms with van der Waals surface area (Å²) in [6.45, 7) is 4.14. The van der Waals surface area contributed by atoms with Crippen molar-refractivity contribution in [3.8, 4) is 0 Å². The predicted molar refractivity (Wildman–Crippen MR) is 70.3 cm³/mol. The molecule has 0 aliphatic carbocycles. The van der Waals surface area contributed by atoms with E-state index in [4.69, 9.17) is 11.6 Å². The average Bonchev–Trinajstić information content (AvgIpc) is 2.33. The van der Waals surface area contributed by atoms with Crippen molar-refractivity contribution in [1.82, 2.24) is 9.97 Å². The lowest BCUT2D eigenvalue weighted by molar-refractivity contribution is 0.871. The van der Waals surface area contributed by atoms with Crippen molar-refractivity contribution < 1.29 is 0 Å². The Bertz CT molecular complexity index is 496. The first kappa shape index (κ1) is 11.9. The van der Waals surface area contributed by atoms with Gasteiger partial charge in [-0.1, -0.05) is 41.4 Å². The summed E-state index contributed by atoms with van der Waals surface area (Å²) in [5.74, 6) is 0.613. The minimum Gasteiger partial charge on any atom is -0.361 e. The maximum atomic E-state index is 5.94. The van der Waals surface area contributed by atoms with Crippen molar-refractivity contribution in [2.45, 2.75) is 19.9 Å². The Balaban J connectivity index is 2.14. The van der Waals surface area contributed by atoms with Crippen LogP contribution in [0.25, 0.3) is 0 Å². The van der Waals surface area contributed by atoms with Gasteiger partial charge in [-0.25, -0.2) is 9.97 Å². The summed E-state index contributed by atoms with van der Waals surface area (Å²) < 4.78 is 0. The number of anilines is 1. The van der Waals surface area contributed by atoms with E-state index in [9.17, 15) is 0 Å². The number of aryl methyl sites for hydroxylation is 1. The molecule has 1 atom stereocenters. The molecule has 17 heavy (non-hydrogen) atoms. The molecule has 0 saturated carbocycles. The van der Waals surface area contributed by atoms with Crippen LogP contribution in [0, 0.1) is 6.92 Å². The first-order chi connectivity index (χ1) is 8.16. The zero-order valence-electron chi connectivity index (χ0n) is 9.81. The maximum Gasteiger partial charge on any atom is 0.171 e. The molecular formula is C13H14ClN3. The molecule has 1 heterocycles. The fraction of sp³-hybridized carbons (Fsp3) is 0.231. The van der Waals surface area contributed by atoms with E-state index in [0.29, 0.717) is 11.0 Å². The Kier molecular flexibility index (Phi) is 3.59. The first-order valence-corrected chi connectivity index (χ1v) is 5.84. The number of rotatable bonds is 3. The van der Waals surface area contributed by atoms with Crippen LogP contribution < -0.4 is 5.32 Å². The van der Waals surface area contributed by atoms with Crippen LogP contribution in [0.3, 0.4) is 0 Å². The van der Waals surface area contributed by atoms with Gasteiger partial charge in [-0.15, -0.1) is 0 Å². The third-order valence-corrected chi connectivity index (χ3v) is 2.86. The van der Waals surface area contributed by atoms with Crippen LogP contribution in [0.1, 0.15) is 24.1 Å². The molecule has 0 saturated heterocycles. The molecule has 1 N–H and O–H groups in total. The highest BCUT2D eigenvalue weighted by molar-refractivity contribution is 6.31. The molecule has 0 unspecified atom stereocenters. The Hall–Kier alpha value is -1.61. The van der Waals surface area contributed by atoms with Gasteiger partial charge in [0.1, 0.15) is 0 Å². The van der Waals surface area contributed by atoms with E-state index in [-0.39, 0.29) is 6.04 Å². The molecule has 0 spiro atoms. The van der Waals surface area contributed by atoms with Gasteiger partial charge in [-0.3, -0.25) is 0 Å². The summed E-state index contributed by atoms with van der Waals surface area (Å²) in [5.41, 5.74) is 2.44. The van der Waals surface area contributed by atoms with Gasteiger partial charge in [0.15, 0.2) is 11.0 Å². The molecule has 0 bridgehead atoms. The molecule has 2 aromatic rings. The van der Waals surface area contributed by atoms with Crippen molar-refractivity contribution in [3.05, 3.63) is 52.9 Å². The van der Waals surface area contributed by atoms with Crippen LogP contribution in [0.5, 0.6) is 0 Å². The number of aromatic nitrogens is 2. The van der Waals surface area contributed by atoms with Crippen molar-refractivity contribution in [2.75, 3.05) is 5.32 Å². The largest absolute Gasteiger partial charge is 0.361 e. The Morgan fingerprint density at radius 2 is 1.76 bits per heavy atom. The summed E-state index contributed by atoms with van der Waals surface area (Å²) in [4.78, 5) is 8.14. The van der Waals surface area contributed by atoms with Gasteiger partial charge in [-0.2, -0.15) is 0 Å². The summed E-state index contributed by atoms with van der Waals surface area (Å²) in [6.07, 6.45) is 3.19. The first-order valence-electron chi connectivity index (χ1n) is 5.46. The number of nitrogens with one attached hydrogen (secondary N) is 1. The van der Waals surface area contributed by atoms with Gasteiger partial charge in [0.25, 0.3) is 0 Å². The second-order valence-corrected chi connectivity index (χ2v) is 4.33. The molecule has 0 fully saturated rings. The quantitative estimate of drug-likeness (QED) is 0.900. The van der Waals surface area contributed by atoms with E-state index in [1.165, 1.54) is 11.1 Å². The summed E-state index contributed by atoms with van der Waals surface area (Å²) in [6, 6.07) is 8.51. The third kappa shape index (κ3) is 2.94. The van der Waals surface area contributed by atoms with Crippen LogP contribution in [0.4, 0.5) is 5.82 Å². The lowest BCUT2D eigenvalue weighted by Crippen LogP contribution is -2.08. The smallest absolute Gasteiger partial charge is 0.171 e. The molecule has 0 radical (unpaired) electrons. The van der Waals surface area contributed by atoms with Gasteiger partial charge in [0.2, 0.25) is 0 Å². The SMILES string of the molecule is Cc1ccc([C@H](C)Nc2nccnc2Cl)cc1. The molecule has 4 heteroatoms. The molecule has 1 aromatic heterocycles. The fourth-order valence-corrected chi connectivity index (χ4v) is 1.72. The van der Waals surface area contributed by atoms with Gasteiger partial charge in [0.05, 0.1) is 6.04 Å². The molecule has 3 nitrogen and oxygen atoms in total. The van der Waals surface area contributed by atoms with E-state index < -0.39 is 0 Å². The number of hydrogen-bond donors (Lipinski definition) is 1. The van der Waals surface area contributed by atoms with Crippen LogP contribution in [0.2, 0.25) is 5.15 Å². The third-order valence-electron chi connectivity index (χ3n) is 2.58. The predicted octanol–water partition coefficient (Wildman–Crippen LogP) is 3.61. The van der Waals surface area contributed by atoms with Crippen LogP contribution in [0.15, 0.2) is 36.7 Å². The van der Waals surface area contributed by atoms with E-state index in [1.807, 2.05) is 0 Å². The lowest BCUT2D eigenvalue weighted by Gasteiger charge is -2.15. The standard InChI is InChI=1S/C13H14ClN3/c1-9-3-5-11(6-4-9)10(2)17-13-12(14)15-7-8-16-13/h3-8,10H,1-2H3,(H,16,17)/t10-/m0/s1. The van der Waals surface area contributed by atoms with Crippen molar-refractivity contribution in [2.24, 2.45) is 0 Å². The van der Waals surface area contributed by atoms with Gasteiger partial charge in [0, 0.05) is 12.4 Å². The molecule has 2 rings (SSSR count). The van der Waals surface area contributed by atoms with Crippen molar-refractivity contribution >= 4 is 17.4 Å². The Morgan fingerprint density at radius 3 is 2.41 bits per heavy atom. The summed E-state index contributed by atoms with van der Waals surface area (Å²) in [7, 11) is 0. The highest BCUT2D eigenvalue weighted by Crippen LogP contribution is 2.22. The van der Waals surface area contributed by atoms with Gasteiger partial charge >= 0.3 is 0 Å². The summed E-state index contributed by atoms with van der Waals surface area (Å²) >= 11 is 5.94. The van der Waals surface area contributed by atoms with E-state index in [1.54, 1.807) is 12.4 Å². The zero-order chi connectivity index (χ0) is 12.3. The topological polar surface area (TPSA) is 37.8 Å². The molecular weight excluding hydrogens is 234 g/mol. The van der Waals surface area contributed by atoms with Crippen molar-refractivity contribution in [1.29, 1.82) is 0 Å². The highest BCUT2D eigenvalue weighted by atomic mass is 35.5. The number of halogens is 1. The molecule has 88 valence electrons.